The van der Waals surface area contributed by atoms with Crippen molar-refractivity contribution >= 4 is 28.3 Å². The highest BCUT2D eigenvalue weighted by molar-refractivity contribution is 5.92. The molecule has 1 aromatic heterocycles. The van der Waals surface area contributed by atoms with Crippen LogP contribution in [0.25, 0.3) is 10.8 Å². The number of carboxylic acids is 1. The molecular weight excluding hydrogens is 407 g/mol. The lowest BCUT2D eigenvalue weighted by Gasteiger charge is -2.13. The normalized spacial score (nSPS) is 11.4. The van der Waals surface area contributed by atoms with Gasteiger partial charge in [-0.05, 0) is 24.3 Å². The van der Waals surface area contributed by atoms with E-state index < -0.39 is 53.6 Å². The van der Waals surface area contributed by atoms with Crippen molar-refractivity contribution in [1.82, 2.24) is 9.78 Å². The molecule has 3 aromatic rings. The van der Waals surface area contributed by atoms with Gasteiger partial charge in [0.2, 0.25) is 5.91 Å². The van der Waals surface area contributed by atoms with E-state index in [1.807, 2.05) is 0 Å². The summed E-state index contributed by atoms with van der Waals surface area (Å²) in [6.45, 7) is -0.702. The minimum Gasteiger partial charge on any atom is -0.506 e. The molecule has 0 atom stereocenters. The Morgan fingerprint density at radius 1 is 1.10 bits per heavy atom. The number of carboxylic acid groups (broad SMARTS) is 1. The maximum atomic E-state index is 12.8. The van der Waals surface area contributed by atoms with E-state index in [0.717, 1.165) is 10.7 Å². The fraction of sp³-hybridized carbons (Fsp3) is 0.158. The van der Waals surface area contributed by atoms with Gasteiger partial charge in [0.25, 0.3) is 5.56 Å². The van der Waals surface area contributed by atoms with E-state index in [9.17, 15) is 32.7 Å². The first kappa shape index (κ1) is 20.8. The molecule has 156 valence electrons. The molecular formula is C19H14F3N3O5. The van der Waals surface area contributed by atoms with Gasteiger partial charge in [0.15, 0.2) is 0 Å². The van der Waals surface area contributed by atoms with Gasteiger partial charge in [-0.3, -0.25) is 14.4 Å². The van der Waals surface area contributed by atoms with Gasteiger partial charge < -0.3 is 15.5 Å². The molecule has 1 amide bonds. The van der Waals surface area contributed by atoms with Crippen LogP contribution in [0.5, 0.6) is 5.75 Å². The van der Waals surface area contributed by atoms with E-state index in [0.29, 0.717) is 17.5 Å². The number of hydrogen-bond acceptors (Lipinski definition) is 5. The summed E-state index contributed by atoms with van der Waals surface area (Å²) >= 11 is 0. The van der Waals surface area contributed by atoms with Crippen LogP contribution >= 0.6 is 0 Å². The standard InChI is InChI=1S/C19H14F3N3O5/c20-19(21,22)10-5-6-15(26)14(7-10)23-16(27)9-25-18(30)12-4-2-1-3-11(12)13(24-25)8-17(28)29/h1-7,26H,8-9H2,(H,23,27)(H,28,29). The molecule has 0 unspecified atom stereocenters. The summed E-state index contributed by atoms with van der Waals surface area (Å²) in [6.07, 6.45) is -5.19. The maximum Gasteiger partial charge on any atom is 0.416 e. The molecule has 3 rings (SSSR count). The molecule has 0 radical (unpaired) electrons. The quantitative estimate of drug-likeness (QED) is 0.544. The van der Waals surface area contributed by atoms with E-state index in [1.165, 1.54) is 12.1 Å². The maximum absolute atomic E-state index is 12.8. The average Bonchev–Trinajstić information content (AvgIpc) is 2.66. The Kier molecular flexibility index (Phi) is 5.45. The molecule has 0 fully saturated rings. The number of nitrogens with one attached hydrogen (secondary N) is 1. The summed E-state index contributed by atoms with van der Waals surface area (Å²) in [4.78, 5) is 36.0. The number of amides is 1. The molecule has 8 nitrogen and oxygen atoms in total. The van der Waals surface area contributed by atoms with E-state index >= 15 is 0 Å². The van der Waals surface area contributed by atoms with Crippen LogP contribution in [0.2, 0.25) is 0 Å². The van der Waals surface area contributed by atoms with Crippen molar-refractivity contribution in [3.63, 3.8) is 0 Å². The number of aromatic nitrogens is 2. The number of carbonyl (C=O) groups excluding carboxylic acids is 1. The number of carbonyl (C=O) groups is 2. The summed E-state index contributed by atoms with van der Waals surface area (Å²) < 4.78 is 39.2. The molecule has 2 aromatic carbocycles. The third kappa shape index (κ3) is 4.40. The Morgan fingerprint density at radius 2 is 1.77 bits per heavy atom. The summed E-state index contributed by atoms with van der Waals surface area (Å²) in [5.41, 5.74) is -2.20. The second-order valence-corrected chi connectivity index (χ2v) is 6.30. The lowest BCUT2D eigenvalue weighted by molar-refractivity contribution is -0.138. The monoisotopic (exact) mass is 421 g/mol. The number of halogens is 3. The number of anilines is 1. The van der Waals surface area contributed by atoms with Gasteiger partial charge in [0.05, 0.1) is 28.8 Å². The van der Waals surface area contributed by atoms with Crippen molar-refractivity contribution in [1.29, 1.82) is 0 Å². The molecule has 0 spiro atoms. The number of rotatable bonds is 5. The summed E-state index contributed by atoms with van der Waals surface area (Å²) in [6, 6.07) is 8.11. The molecule has 30 heavy (non-hydrogen) atoms. The number of nitrogens with zero attached hydrogens (tertiary/aromatic N) is 2. The highest BCUT2D eigenvalue weighted by Crippen LogP contribution is 2.34. The van der Waals surface area contributed by atoms with Gasteiger partial charge in [-0.25, -0.2) is 4.68 Å². The van der Waals surface area contributed by atoms with Gasteiger partial charge in [0.1, 0.15) is 12.3 Å². The van der Waals surface area contributed by atoms with Gasteiger partial charge in [-0.1, -0.05) is 18.2 Å². The van der Waals surface area contributed by atoms with Crippen molar-refractivity contribution in [2.45, 2.75) is 19.1 Å². The number of aromatic hydroxyl groups is 1. The van der Waals surface area contributed by atoms with Crippen LogP contribution in [0.1, 0.15) is 11.3 Å². The van der Waals surface area contributed by atoms with Crippen molar-refractivity contribution in [3.05, 3.63) is 64.1 Å². The lowest BCUT2D eigenvalue weighted by atomic mass is 10.1. The molecule has 11 heteroatoms. The molecule has 0 bridgehead atoms. The molecule has 0 aliphatic carbocycles. The molecule has 0 saturated heterocycles. The van der Waals surface area contributed by atoms with Crippen LogP contribution < -0.4 is 10.9 Å². The molecule has 1 heterocycles. The summed E-state index contributed by atoms with van der Waals surface area (Å²) in [5, 5.41) is 25.3. The van der Waals surface area contributed by atoms with Gasteiger partial charge in [-0.15, -0.1) is 0 Å². The fourth-order valence-corrected chi connectivity index (χ4v) is 2.82. The Morgan fingerprint density at radius 3 is 2.40 bits per heavy atom. The number of phenols is 1. The Bertz CT molecular complexity index is 1200. The smallest absolute Gasteiger partial charge is 0.416 e. The minimum absolute atomic E-state index is 0.0485. The zero-order valence-electron chi connectivity index (χ0n) is 15.1. The van der Waals surface area contributed by atoms with Crippen LogP contribution in [0.4, 0.5) is 18.9 Å². The highest BCUT2D eigenvalue weighted by Gasteiger charge is 2.31. The van der Waals surface area contributed by atoms with Crippen LogP contribution in [-0.2, 0) is 28.7 Å². The summed E-state index contributed by atoms with van der Waals surface area (Å²) in [7, 11) is 0. The Hall–Kier alpha value is -3.89. The molecule has 3 N–H and O–H groups in total. The third-order valence-corrected chi connectivity index (χ3v) is 4.15. The number of fused-ring (bicyclic) bond motifs is 1. The first-order valence-electron chi connectivity index (χ1n) is 8.47. The van der Waals surface area contributed by atoms with Gasteiger partial charge >= 0.3 is 12.1 Å². The minimum atomic E-state index is -4.68. The second-order valence-electron chi connectivity index (χ2n) is 6.30. The first-order chi connectivity index (χ1) is 14.1. The number of alkyl halides is 3. The number of aliphatic carboxylic acids is 1. The zero-order valence-corrected chi connectivity index (χ0v) is 15.1. The van der Waals surface area contributed by atoms with Crippen molar-refractivity contribution < 1.29 is 33.0 Å². The number of benzene rings is 2. The Labute approximate surface area is 166 Å². The van der Waals surface area contributed by atoms with E-state index in [-0.39, 0.29) is 11.1 Å². The predicted molar refractivity (Wildman–Crippen MR) is 99.1 cm³/mol. The topological polar surface area (TPSA) is 122 Å². The fourth-order valence-electron chi connectivity index (χ4n) is 2.82. The molecule has 0 aliphatic heterocycles. The molecule has 0 aliphatic rings. The number of hydrogen-bond donors (Lipinski definition) is 3. The van der Waals surface area contributed by atoms with Crippen molar-refractivity contribution in [3.8, 4) is 5.75 Å². The zero-order chi connectivity index (χ0) is 22.1. The average molecular weight is 421 g/mol. The van der Waals surface area contributed by atoms with E-state index in [2.05, 4.69) is 10.4 Å². The SMILES string of the molecule is O=C(O)Cc1nn(CC(=O)Nc2cc(C(F)(F)F)ccc2O)c(=O)c2ccccc12. The van der Waals surface area contributed by atoms with E-state index in [4.69, 9.17) is 5.11 Å². The van der Waals surface area contributed by atoms with Crippen LogP contribution in [0, 0.1) is 0 Å². The van der Waals surface area contributed by atoms with Crippen LogP contribution in [0.3, 0.4) is 0 Å². The largest absolute Gasteiger partial charge is 0.506 e. The number of phenolic OH excluding ortho intramolecular Hbond substituents is 1. The summed E-state index contributed by atoms with van der Waals surface area (Å²) in [5.74, 6) is -2.73. The van der Waals surface area contributed by atoms with Gasteiger partial charge in [-0.2, -0.15) is 18.3 Å². The first-order valence-corrected chi connectivity index (χ1v) is 8.47. The van der Waals surface area contributed by atoms with E-state index in [1.54, 1.807) is 12.1 Å². The lowest BCUT2D eigenvalue weighted by Crippen LogP contribution is -2.31. The highest BCUT2D eigenvalue weighted by atomic mass is 19.4. The van der Waals surface area contributed by atoms with Crippen LogP contribution in [0.15, 0.2) is 47.3 Å². The Balaban J connectivity index is 1.93. The predicted octanol–water partition coefficient (Wildman–Crippen LogP) is 2.39. The van der Waals surface area contributed by atoms with Gasteiger partial charge in [0, 0.05) is 5.39 Å². The molecule has 0 saturated carbocycles. The van der Waals surface area contributed by atoms with Crippen LogP contribution in [-0.4, -0.2) is 31.9 Å². The second kappa shape index (κ2) is 7.85. The van der Waals surface area contributed by atoms with Crippen molar-refractivity contribution in [2.75, 3.05) is 5.32 Å². The van der Waals surface area contributed by atoms with Crippen molar-refractivity contribution in [2.24, 2.45) is 0 Å². The third-order valence-electron chi connectivity index (χ3n) is 4.15.